The fourth-order valence-electron chi connectivity index (χ4n) is 3.27. The van der Waals surface area contributed by atoms with Gasteiger partial charge < -0.3 is 14.4 Å². The first-order valence-corrected chi connectivity index (χ1v) is 9.51. The number of hydrogen-bond acceptors (Lipinski definition) is 4. The highest BCUT2D eigenvalue weighted by atomic mass is 32.2. The van der Waals surface area contributed by atoms with Crippen molar-refractivity contribution in [2.24, 2.45) is 0 Å². The minimum absolute atomic E-state index is 0.00521. The van der Waals surface area contributed by atoms with Crippen molar-refractivity contribution in [3.63, 3.8) is 0 Å². The lowest BCUT2D eigenvalue weighted by molar-refractivity contribution is -0.129. The summed E-state index contributed by atoms with van der Waals surface area (Å²) in [6.45, 7) is 0.696. The van der Waals surface area contributed by atoms with Gasteiger partial charge in [-0.2, -0.15) is 0 Å². The molecule has 1 aliphatic rings. The van der Waals surface area contributed by atoms with Crippen molar-refractivity contribution in [2.45, 2.75) is 23.8 Å². The molecule has 1 amide bonds. The van der Waals surface area contributed by atoms with E-state index in [2.05, 4.69) is 0 Å². The van der Waals surface area contributed by atoms with Crippen LogP contribution < -0.4 is 9.47 Å². The Morgan fingerprint density at radius 3 is 2.77 bits per heavy atom. The SMILES string of the molecule is COc1ccc(OC)c(C2CCCN2C(=O)CSc2ccccc2F)c1. The summed E-state index contributed by atoms with van der Waals surface area (Å²) in [5.41, 5.74) is 0.952. The van der Waals surface area contributed by atoms with Crippen molar-refractivity contribution in [1.82, 2.24) is 4.90 Å². The maximum absolute atomic E-state index is 13.8. The molecule has 1 unspecified atom stereocenters. The summed E-state index contributed by atoms with van der Waals surface area (Å²) in [6.07, 6.45) is 1.81. The fourth-order valence-corrected chi connectivity index (χ4v) is 4.10. The fraction of sp³-hybridized carbons (Fsp3) is 0.350. The summed E-state index contributed by atoms with van der Waals surface area (Å²) in [5.74, 6) is 1.41. The van der Waals surface area contributed by atoms with E-state index in [9.17, 15) is 9.18 Å². The molecule has 3 rings (SSSR count). The average Bonchev–Trinajstić information content (AvgIpc) is 3.16. The van der Waals surface area contributed by atoms with Gasteiger partial charge in [-0.15, -0.1) is 11.8 Å². The van der Waals surface area contributed by atoms with Crippen molar-refractivity contribution in [2.75, 3.05) is 26.5 Å². The number of carbonyl (C=O) groups is 1. The molecule has 6 heteroatoms. The van der Waals surface area contributed by atoms with Gasteiger partial charge in [-0.25, -0.2) is 4.39 Å². The van der Waals surface area contributed by atoms with Crippen LogP contribution in [0.1, 0.15) is 24.4 Å². The second-order valence-corrected chi connectivity index (χ2v) is 7.09. The van der Waals surface area contributed by atoms with E-state index in [0.717, 1.165) is 29.9 Å². The predicted octanol–water partition coefficient (Wildman–Crippen LogP) is 4.30. The maximum atomic E-state index is 13.8. The number of rotatable bonds is 6. The summed E-state index contributed by atoms with van der Waals surface area (Å²) in [6, 6.07) is 12.1. The highest BCUT2D eigenvalue weighted by Gasteiger charge is 2.32. The van der Waals surface area contributed by atoms with Gasteiger partial charge >= 0.3 is 0 Å². The topological polar surface area (TPSA) is 38.8 Å². The molecule has 0 radical (unpaired) electrons. The van der Waals surface area contributed by atoms with Crippen LogP contribution >= 0.6 is 11.8 Å². The second-order valence-electron chi connectivity index (χ2n) is 6.07. The number of halogens is 1. The Morgan fingerprint density at radius 2 is 2.04 bits per heavy atom. The second kappa shape index (κ2) is 8.45. The van der Waals surface area contributed by atoms with Crippen LogP contribution in [0.3, 0.4) is 0 Å². The van der Waals surface area contributed by atoms with Gasteiger partial charge in [0.1, 0.15) is 17.3 Å². The number of nitrogens with zero attached hydrogens (tertiary/aromatic N) is 1. The highest BCUT2D eigenvalue weighted by molar-refractivity contribution is 8.00. The number of ether oxygens (including phenoxy) is 2. The Kier molecular flexibility index (Phi) is 6.04. The van der Waals surface area contributed by atoms with E-state index in [4.69, 9.17) is 9.47 Å². The van der Waals surface area contributed by atoms with Gasteiger partial charge in [0.05, 0.1) is 26.0 Å². The van der Waals surface area contributed by atoms with Gasteiger partial charge in [0, 0.05) is 17.0 Å². The smallest absolute Gasteiger partial charge is 0.233 e. The first kappa shape index (κ1) is 18.6. The van der Waals surface area contributed by atoms with Crippen LogP contribution in [0.2, 0.25) is 0 Å². The van der Waals surface area contributed by atoms with Crippen LogP contribution in [0.5, 0.6) is 11.5 Å². The Labute approximate surface area is 157 Å². The normalized spacial score (nSPS) is 16.6. The summed E-state index contributed by atoms with van der Waals surface area (Å²) in [7, 11) is 3.24. The van der Waals surface area contributed by atoms with Crippen molar-refractivity contribution in [3.8, 4) is 11.5 Å². The Balaban J connectivity index is 1.75. The number of likely N-dealkylation sites (tertiary alicyclic amines) is 1. The van der Waals surface area contributed by atoms with Gasteiger partial charge in [0.2, 0.25) is 5.91 Å². The van der Waals surface area contributed by atoms with Crippen LogP contribution in [-0.4, -0.2) is 37.3 Å². The van der Waals surface area contributed by atoms with Gasteiger partial charge in [0.15, 0.2) is 0 Å². The average molecular weight is 375 g/mol. The Bertz CT molecular complexity index is 783. The molecule has 0 bridgehead atoms. The van der Waals surface area contributed by atoms with E-state index >= 15 is 0 Å². The minimum atomic E-state index is -0.294. The molecule has 0 N–H and O–H groups in total. The Hall–Kier alpha value is -2.21. The molecule has 2 aromatic carbocycles. The van der Waals surface area contributed by atoms with E-state index in [0.29, 0.717) is 11.4 Å². The largest absolute Gasteiger partial charge is 0.497 e. The molecular weight excluding hydrogens is 353 g/mol. The van der Waals surface area contributed by atoms with Crippen LogP contribution in [0, 0.1) is 5.82 Å². The monoisotopic (exact) mass is 375 g/mol. The van der Waals surface area contributed by atoms with E-state index in [1.807, 2.05) is 23.1 Å². The van der Waals surface area contributed by atoms with Crippen LogP contribution in [0.25, 0.3) is 0 Å². The van der Waals surface area contributed by atoms with E-state index in [-0.39, 0.29) is 23.5 Å². The molecule has 138 valence electrons. The third-order valence-corrected chi connectivity index (χ3v) is 5.59. The quantitative estimate of drug-likeness (QED) is 0.706. The first-order chi connectivity index (χ1) is 12.6. The van der Waals surface area contributed by atoms with Gasteiger partial charge in [-0.1, -0.05) is 12.1 Å². The standard InChI is InChI=1S/C20H22FNO3S/c1-24-14-9-10-18(25-2)15(12-14)17-7-5-11-22(17)20(23)13-26-19-8-4-3-6-16(19)21/h3-4,6,8-10,12,17H,5,7,11,13H2,1-2H3. The molecule has 0 spiro atoms. The van der Waals surface area contributed by atoms with Crippen LogP contribution in [0.4, 0.5) is 4.39 Å². The lowest BCUT2D eigenvalue weighted by atomic mass is 10.0. The molecular formula is C20H22FNO3S. The van der Waals surface area contributed by atoms with Crippen molar-refractivity contribution in [1.29, 1.82) is 0 Å². The lowest BCUT2D eigenvalue weighted by Gasteiger charge is -2.26. The summed E-state index contributed by atoms with van der Waals surface area (Å²) < 4.78 is 24.6. The zero-order valence-corrected chi connectivity index (χ0v) is 15.7. The van der Waals surface area contributed by atoms with Crippen molar-refractivity contribution >= 4 is 17.7 Å². The van der Waals surface area contributed by atoms with E-state index < -0.39 is 0 Å². The molecule has 1 atom stereocenters. The summed E-state index contributed by atoms with van der Waals surface area (Å²) in [5, 5.41) is 0. The minimum Gasteiger partial charge on any atom is -0.497 e. The highest BCUT2D eigenvalue weighted by Crippen LogP contribution is 2.39. The van der Waals surface area contributed by atoms with E-state index in [1.54, 1.807) is 32.4 Å². The Morgan fingerprint density at radius 1 is 1.23 bits per heavy atom. The number of benzene rings is 2. The predicted molar refractivity (Wildman–Crippen MR) is 100 cm³/mol. The molecule has 1 fully saturated rings. The number of thioether (sulfide) groups is 1. The molecule has 0 aliphatic carbocycles. The molecule has 0 saturated carbocycles. The molecule has 2 aromatic rings. The number of hydrogen-bond donors (Lipinski definition) is 0. The first-order valence-electron chi connectivity index (χ1n) is 8.52. The molecule has 0 aromatic heterocycles. The van der Waals surface area contributed by atoms with Crippen molar-refractivity contribution in [3.05, 3.63) is 53.8 Å². The third-order valence-electron chi connectivity index (χ3n) is 4.56. The zero-order chi connectivity index (χ0) is 18.5. The molecule has 4 nitrogen and oxygen atoms in total. The molecule has 26 heavy (non-hydrogen) atoms. The van der Waals surface area contributed by atoms with Crippen LogP contribution in [0.15, 0.2) is 47.4 Å². The molecule has 1 saturated heterocycles. The number of carbonyl (C=O) groups excluding carboxylic acids is 1. The molecule has 1 aliphatic heterocycles. The van der Waals surface area contributed by atoms with Gasteiger partial charge in [-0.05, 0) is 43.2 Å². The van der Waals surface area contributed by atoms with Gasteiger partial charge in [-0.3, -0.25) is 4.79 Å². The zero-order valence-electron chi connectivity index (χ0n) is 14.9. The number of amides is 1. The third kappa shape index (κ3) is 3.96. The van der Waals surface area contributed by atoms with Crippen molar-refractivity contribution < 1.29 is 18.7 Å². The van der Waals surface area contributed by atoms with Crippen LogP contribution in [-0.2, 0) is 4.79 Å². The van der Waals surface area contributed by atoms with Gasteiger partial charge in [0.25, 0.3) is 0 Å². The molecule has 1 heterocycles. The maximum Gasteiger partial charge on any atom is 0.233 e. The number of methoxy groups -OCH3 is 2. The van der Waals surface area contributed by atoms with E-state index in [1.165, 1.54) is 17.8 Å². The lowest BCUT2D eigenvalue weighted by Crippen LogP contribution is -2.32. The summed E-state index contributed by atoms with van der Waals surface area (Å²) in [4.78, 5) is 15.1. The summed E-state index contributed by atoms with van der Waals surface area (Å²) >= 11 is 1.23.